The largest absolute Gasteiger partial charge is 0.445 e. The minimum absolute atomic E-state index is 0.00187. The number of imide groups is 1. The van der Waals surface area contributed by atoms with Crippen molar-refractivity contribution in [3.8, 4) is 11.8 Å². The molecule has 34 heavy (non-hydrogen) atoms. The van der Waals surface area contributed by atoms with Crippen molar-refractivity contribution in [2.75, 3.05) is 11.4 Å². The number of cyclic esters (lactones) is 1. The molecule has 0 spiro atoms. The lowest BCUT2D eigenvalue weighted by Crippen LogP contribution is -2.53. The number of halogens is 4. The Bertz CT molecular complexity index is 1110. The fraction of sp³-hybridized carbons (Fsp3) is 0.455. The summed E-state index contributed by atoms with van der Waals surface area (Å²) >= 11 is 5.97. The molecule has 1 saturated heterocycles. The average molecular weight is 499 g/mol. The third-order valence-electron chi connectivity index (χ3n) is 5.48. The van der Waals surface area contributed by atoms with Crippen molar-refractivity contribution in [3.05, 3.63) is 28.8 Å². The van der Waals surface area contributed by atoms with Crippen LogP contribution in [0.5, 0.6) is 0 Å². The van der Waals surface area contributed by atoms with Crippen LogP contribution in [-0.4, -0.2) is 41.7 Å². The summed E-state index contributed by atoms with van der Waals surface area (Å²) in [7, 11) is 0. The van der Waals surface area contributed by atoms with E-state index in [1.54, 1.807) is 0 Å². The molecule has 8 nitrogen and oxygen atoms in total. The molecule has 3 amide bonds. The zero-order valence-electron chi connectivity index (χ0n) is 17.6. The van der Waals surface area contributed by atoms with E-state index >= 15 is 0 Å². The van der Waals surface area contributed by atoms with E-state index in [4.69, 9.17) is 21.2 Å². The predicted octanol–water partition coefficient (Wildman–Crippen LogP) is 3.86. The van der Waals surface area contributed by atoms with Crippen LogP contribution in [-0.2, 0) is 29.6 Å². The minimum atomic E-state index is -5.03. The van der Waals surface area contributed by atoms with Gasteiger partial charge >= 0.3 is 18.2 Å². The van der Waals surface area contributed by atoms with Gasteiger partial charge in [0.25, 0.3) is 17.4 Å². The van der Waals surface area contributed by atoms with E-state index in [0.29, 0.717) is 17.9 Å². The van der Waals surface area contributed by atoms with Crippen molar-refractivity contribution in [1.82, 2.24) is 5.06 Å². The molecule has 180 valence electrons. The van der Waals surface area contributed by atoms with Gasteiger partial charge in [-0.15, -0.1) is 5.06 Å². The number of rotatable bonds is 5. The van der Waals surface area contributed by atoms with Gasteiger partial charge in [0, 0.05) is 42.3 Å². The molecular weight excluding hydrogens is 481 g/mol. The Morgan fingerprint density at radius 1 is 1.21 bits per heavy atom. The molecule has 2 heterocycles. The van der Waals surface area contributed by atoms with Gasteiger partial charge in [0.15, 0.2) is 0 Å². The molecule has 1 atom stereocenters. The first-order chi connectivity index (χ1) is 16.0. The lowest BCUT2D eigenvalue weighted by molar-refractivity contribution is -0.240. The Hall–Kier alpha value is -3.26. The summed E-state index contributed by atoms with van der Waals surface area (Å²) in [5, 5.41) is 0.396. The summed E-state index contributed by atoms with van der Waals surface area (Å²) in [6.07, 6.45) is -5.44. The smallest absolute Gasteiger partial charge is 0.415 e. The first-order valence-corrected chi connectivity index (χ1v) is 10.9. The number of alkyl halides is 3. The van der Waals surface area contributed by atoms with Gasteiger partial charge in [0.1, 0.15) is 0 Å². The predicted molar refractivity (Wildman–Crippen MR) is 110 cm³/mol. The van der Waals surface area contributed by atoms with Crippen molar-refractivity contribution in [1.29, 1.82) is 0 Å². The summed E-state index contributed by atoms with van der Waals surface area (Å²) in [5.41, 5.74) is -3.68. The zero-order chi connectivity index (χ0) is 24.7. The lowest BCUT2D eigenvalue weighted by atomic mass is 9.89. The van der Waals surface area contributed by atoms with Crippen molar-refractivity contribution in [2.24, 2.45) is 5.92 Å². The molecule has 0 N–H and O–H groups in total. The van der Waals surface area contributed by atoms with E-state index in [1.165, 1.54) is 12.1 Å². The average Bonchev–Trinajstić information content (AvgIpc) is 3.54. The quantitative estimate of drug-likeness (QED) is 0.452. The highest BCUT2D eigenvalue weighted by Crippen LogP contribution is 2.50. The number of amides is 3. The van der Waals surface area contributed by atoms with Crippen LogP contribution in [0.2, 0.25) is 5.02 Å². The monoisotopic (exact) mass is 498 g/mol. The van der Waals surface area contributed by atoms with Crippen LogP contribution in [0.4, 0.5) is 23.7 Å². The van der Waals surface area contributed by atoms with Crippen LogP contribution in [0.1, 0.15) is 44.1 Å². The van der Waals surface area contributed by atoms with Crippen molar-refractivity contribution < 1.29 is 41.9 Å². The van der Waals surface area contributed by atoms with Gasteiger partial charge in [-0.3, -0.25) is 14.5 Å². The third-order valence-corrected chi connectivity index (χ3v) is 5.71. The molecule has 0 bridgehead atoms. The second-order valence-corrected chi connectivity index (χ2v) is 8.49. The number of hydrogen-bond acceptors (Lipinski definition) is 6. The van der Waals surface area contributed by atoms with E-state index in [2.05, 4.69) is 11.8 Å². The van der Waals surface area contributed by atoms with E-state index in [1.807, 2.05) is 0 Å². The maximum Gasteiger partial charge on any atom is 0.445 e. The normalized spacial score (nSPS) is 22.2. The van der Waals surface area contributed by atoms with Crippen molar-refractivity contribution >= 4 is 41.2 Å². The highest BCUT2D eigenvalue weighted by Gasteiger charge is 2.63. The van der Waals surface area contributed by atoms with Crippen molar-refractivity contribution in [2.45, 2.75) is 50.3 Å². The molecule has 0 aromatic heterocycles. The van der Waals surface area contributed by atoms with Crippen LogP contribution < -0.4 is 4.90 Å². The summed E-state index contributed by atoms with van der Waals surface area (Å²) < 4.78 is 47.6. The number of hydroxylamine groups is 2. The highest BCUT2D eigenvalue weighted by atomic mass is 35.5. The van der Waals surface area contributed by atoms with Gasteiger partial charge in [-0.1, -0.05) is 17.5 Å². The Balaban J connectivity index is 1.54. The Labute approximate surface area is 196 Å². The summed E-state index contributed by atoms with van der Waals surface area (Å²) in [4.78, 5) is 53.5. The fourth-order valence-corrected chi connectivity index (χ4v) is 3.74. The maximum atomic E-state index is 14.2. The van der Waals surface area contributed by atoms with E-state index in [0.717, 1.165) is 11.0 Å². The molecule has 1 aromatic rings. The summed E-state index contributed by atoms with van der Waals surface area (Å²) in [5.74, 6) is 2.33. The number of ether oxygens (including phenoxy) is 1. The third kappa shape index (κ3) is 4.55. The lowest BCUT2D eigenvalue weighted by Gasteiger charge is -2.40. The molecule has 1 aliphatic carbocycles. The number of carbonyl (C=O) groups is 4. The van der Waals surface area contributed by atoms with Crippen LogP contribution in [0.25, 0.3) is 0 Å². The molecular formula is C22H18ClF3N2O6. The molecule has 1 saturated carbocycles. The van der Waals surface area contributed by atoms with Crippen molar-refractivity contribution in [3.63, 3.8) is 0 Å². The van der Waals surface area contributed by atoms with E-state index in [9.17, 15) is 32.3 Å². The Morgan fingerprint density at radius 2 is 1.88 bits per heavy atom. The Kier molecular flexibility index (Phi) is 6.20. The van der Waals surface area contributed by atoms with Crippen LogP contribution in [0, 0.1) is 17.8 Å². The topological polar surface area (TPSA) is 93.2 Å². The zero-order valence-corrected chi connectivity index (χ0v) is 18.4. The number of fused-ring (bicyclic) bond motifs is 1. The van der Waals surface area contributed by atoms with Crippen LogP contribution >= 0.6 is 11.6 Å². The summed E-state index contributed by atoms with van der Waals surface area (Å²) in [6, 6.07) is 3.65. The number of nitrogens with zero attached hydrogens (tertiary/aromatic N) is 2. The molecule has 1 unspecified atom stereocenters. The fourth-order valence-electron chi connectivity index (χ4n) is 3.57. The van der Waals surface area contributed by atoms with Gasteiger partial charge in [-0.2, -0.15) is 13.2 Å². The maximum absolute atomic E-state index is 14.2. The van der Waals surface area contributed by atoms with Crippen LogP contribution in [0.3, 0.4) is 0 Å². The Morgan fingerprint density at radius 3 is 2.50 bits per heavy atom. The molecule has 2 fully saturated rings. The van der Waals surface area contributed by atoms with Gasteiger partial charge in [0.05, 0.1) is 5.69 Å². The number of carbonyl (C=O) groups excluding carboxylic acids is 4. The van der Waals surface area contributed by atoms with Crippen LogP contribution in [0.15, 0.2) is 18.2 Å². The number of benzene rings is 1. The van der Waals surface area contributed by atoms with Gasteiger partial charge in [0.2, 0.25) is 0 Å². The molecule has 0 radical (unpaired) electrons. The standard InChI is InChI=1S/C22H18ClF3N2O6/c23-14-5-6-16-15(12-14)21(22(24,25)26,10-9-13-3-4-13)33-20(32)27(16)11-1-2-19(31)34-28-17(29)7-8-18(28)30/h5-6,12-13H,1-4,7-8,11H2. The number of anilines is 1. The first-order valence-electron chi connectivity index (χ1n) is 10.5. The molecule has 12 heteroatoms. The van der Waals surface area contributed by atoms with Gasteiger partial charge in [-0.25, -0.2) is 9.59 Å². The minimum Gasteiger partial charge on any atom is -0.415 e. The van der Waals surface area contributed by atoms with E-state index < -0.39 is 41.2 Å². The molecule has 2 aliphatic heterocycles. The second-order valence-electron chi connectivity index (χ2n) is 8.05. The molecule has 4 rings (SSSR count). The number of hydrogen-bond donors (Lipinski definition) is 0. The first kappa shape index (κ1) is 23.9. The van der Waals surface area contributed by atoms with Gasteiger partial charge < -0.3 is 9.57 Å². The molecule has 1 aromatic carbocycles. The van der Waals surface area contributed by atoms with Gasteiger partial charge in [-0.05, 0) is 43.4 Å². The highest BCUT2D eigenvalue weighted by molar-refractivity contribution is 6.30. The SMILES string of the molecule is O=C(CCCN1C(=O)OC(C#CC2CC2)(C(F)(F)F)c2cc(Cl)ccc21)ON1C(=O)CCC1=O. The van der Waals surface area contributed by atoms with E-state index in [-0.39, 0.29) is 48.9 Å². The molecule has 3 aliphatic rings. The summed E-state index contributed by atoms with van der Waals surface area (Å²) in [6.45, 7) is -0.200. The second kappa shape index (κ2) is 8.83.